The minimum atomic E-state index is -0.401. The number of rotatable bonds is 6. The third-order valence-corrected chi connectivity index (χ3v) is 8.69. The number of hydrogen-bond donors (Lipinski definition) is 3. The van der Waals surface area contributed by atoms with Crippen molar-refractivity contribution in [3.8, 4) is 11.1 Å². The number of hydrogen-bond acceptors (Lipinski definition) is 6. The van der Waals surface area contributed by atoms with Gasteiger partial charge >= 0.3 is 0 Å². The Hall–Kier alpha value is -5.28. The molecule has 7 rings (SSSR count). The summed E-state index contributed by atoms with van der Waals surface area (Å²) >= 11 is 0. The van der Waals surface area contributed by atoms with E-state index >= 15 is 0 Å². The van der Waals surface area contributed by atoms with Crippen LogP contribution in [-0.2, 0) is 11.2 Å². The third-order valence-electron chi connectivity index (χ3n) is 8.69. The number of piperazine rings is 1. The second kappa shape index (κ2) is 11.1. The summed E-state index contributed by atoms with van der Waals surface area (Å²) in [6.45, 7) is 5.23. The van der Waals surface area contributed by atoms with Crippen LogP contribution in [-0.4, -0.2) is 70.0 Å². The lowest BCUT2D eigenvalue weighted by Gasteiger charge is -2.32. The lowest BCUT2D eigenvalue weighted by Crippen LogP contribution is -2.47. The Kier molecular flexibility index (Phi) is 6.94. The summed E-state index contributed by atoms with van der Waals surface area (Å²) in [4.78, 5) is 33.1. The molecular formula is C35H33N7O2. The number of aromatic nitrogens is 3. The predicted molar refractivity (Wildman–Crippen MR) is 175 cm³/mol. The number of carbonyl (C=O) groups excluding carboxylic acids is 2. The van der Waals surface area contributed by atoms with E-state index in [1.807, 2.05) is 65.6 Å². The first kappa shape index (κ1) is 27.5. The van der Waals surface area contributed by atoms with Crippen molar-refractivity contribution in [1.82, 2.24) is 25.0 Å². The Labute approximate surface area is 254 Å². The van der Waals surface area contributed by atoms with Crippen LogP contribution in [0.4, 0.5) is 11.5 Å². The second-order valence-corrected chi connectivity index (χ2v) is 11.5. The van der Waals surface area contributed by atoms with Gasteiger partial charge in [0.2, 0.25) is 5.91 Å². The van der Waals surface area contributed by atoms with E-state index in [9.17, 15) is 9.59 Å². The topological polar surface area (TPSA) is 120 Å². The molecular weight excluding hydrogens is 550 g/mol. The highest BCUT2D eigenvalue weighted by molar-refractivity contribution is 6.17. The molecule has 6 aromatic rings. The van der Waals surface area contributed by atoms with Gasteiger partial charge in [0.05, 0.1) is 18.1 Å². The normalized spacial score (nSPS) is 14.0. The zero-order chi connectivity index (χ0) is 30.4. The summed E-state index contributed by atoms with van der Waals surface area (Å²) in [5.41, 5.74) is 12.8. The van der Waals surface area contributed by atoms with Gasteiger partial charge in [-0.25, -0.2) is 0 Å². The minimum Gasteiger partial charge on any atom is -0.369 e. The molecule has 0 bridgehead atoms. The van der Waals surface area contributed by atoms with Crippen LogP contribution in [0, 0.1) is 6.92 Å². The molecule has 220 valence electrons. The summed E-state index contributed by atoms with van der Waals surface area (Å²) in [5.74, 6) is 0.319. The molecule has 9 nitrogen and oxygen atoms in total. The largest absolute Gasteiger partial charge is 0.369 e. The molecule has 1 saturated heterocycles. The Morgan fingerprint density at radius 3 is 2.57 bits per heavy atom. The molecule has 0 spiro atoms. The Bertz CT molecular complexity index is 2070. The highest BCUT2D eigenvalue weighted by atomic mass is 16.2. The molecule has 2 aromatic heterocycles. The van der Waals surface area contributed by atoms with E-state index in [1.165, 1.54) is 0 Å². The molecule has 1 aliphatic rings. The summed E-state index contributed by atoms with van der Waals surface area (Å²) in [6, 6.07) is 24.0. The van der Waals surface area contributed by atoms with E-state index in [0.29, 0.717) is 24.5 Å². The number of H-pyrrole nitrogens is 1. The van der Waals surface area contributed by atoms with Crippen molar-refractivity contribution in [1.29, 1.82) is 0 Å². The van der Waals surface area contributed by atoms with Gasteiger partial charge < -0.3 is 25.8 Å². The SMILES string of the molecule is Cc1c(Nc2nncc3ccccc23)cccc1-c1ccc(CC(N)=O)c2[nH]c3cc(C(=O)N4CCN(C)CC4)ccc3c12. The van der Waals surface area contributed by atoms with Crippen molar-refractivity contribution in [2.75, 3.05) is 38.5 Å². The maximum Gasteiger partial charge on any atom is 0.254 e. The van der Waals surface area contributed by atoms with Crippen molar-refractivity contribution in [3.05, 3.63) is 95.7 Å². The van der Waals surface area contributed by atoms with E-state index in [2.05, 4.69) is 51.5 Å². The Morgan fingerprint density at radius 1 is 0.932 bits per heavy atom. The molecule has 9 heteroatoms. The molecule has 44 heavy (non-hydrogen) atoms. The van der Waals surface area contributed by atoms with Crippen LogP contribution in [0.2, 0.25) is 0 Å². The van der Waals surface area contributed by atoms with Gasteiger partial charge in [-0.05, 0) is 54.4 Å². The molecule has 2 amide bonds. The van der Waals surface area contributed by atoms with Gasteiger partial charge in [-0.2, -0.15) is 5.10 Å². The van der Waals surface area contributed by atoms with Gasteiger partial charge in [-0.15, -0.1) is 5.10 Å². The van der Waals surface area contributed by atoms with E-state index < -0.39 is 5.91 Å². The van der Waals surface area contributed by atoms with E-state index in [4.69, 9.17) is 5.73 Å². The number of anilines is 2. The van der Waals surface area contributed by atoms with Crippen LogP contribution in [0.15, 0.2) is 79.0 Å². The number of fused-ring (bicyclic) bond motifs is 4. The van der Waals surface area contributed by atoms with Crippen LogP contribution in [0.5, 0.6) is 0 Å². The molecule has 1 aliphatic heterocycles. The fourth-order valence-corrected chi connectivity index (χ4v) is 6.26. The van der Waals surface area contributed by atoms with Crippen LogP contribution in [0.3, 0.4) is 0 Å². The molecule has 0 radical (unpaired) electrons. The molecule has 4 N–H and O–H groups in total. The maximum atomic E-state index is 13.4. The highest BCUT2D eigenvalue weighted by Crippen LogP contribution is 2.40. The number of nitrogens with two attached hydrogens (primary N) is 1. The predicted octanol–water partition coefficient (Wildman–Crippen LogP) is 5.40. The van der Waals surface area contributed by atoms with Gasteiger partial charge in [0.1, 0.15) is 0 Å². The summed E-state index contributed by atoms with van der Waals surface area (Å²) in [5, 5.41) is 16.0. The van der Waals surface area contributed by atoms with Crippen LogP contribution in [0.1, 0.15) is 21.5 Å². The third kappa shape index (κ3) is 4.91. The van der Waals surface area contributed by atoms with Crippen molar-refractivity contribution >= 4 is 55.9 Å². The highest BCUT2D eigenvalue weighted by Gasteiger charge is 2.22. The maximum absolute atomic E-state index is 13.4. The fraction of sp³-hybridized carbons (Fsp3) is 0.200. The van der Waals surface area contributed by atoms with Gasteiger partial charge in [-0.1, -0.05) is 54.6 Å². The number of likely N-dealkylation sites (N-methyl/N-ethyl adjacent to an activating group) is 1. The Balaban J connectivity index is 1.34. The first-order chi connectivity index (χ1) is 21.4. The summed E-state index contributed by atoms with van der Waals surface area (Å²) in [6.07, 6.45) is 1.87. The number of primary amides is 1. The lowest BCUT2D eigenvalue weighted by molar-refractivity contribution is -0.117. The van der Waals surface area contributed by atoms with Gasteiger partial charge in [0, 0.05) is 64.5 Å². The molecule has 0 saturated carbocycles. The van der Waals surface area contributed by atoms with Gasteiger partial charge in [0.25, 0.3) is 5.91 Å². The smallest absolute Gasteiger partial charge is 0.254 e. The number of nitrogens with one attached hydrogen (secondary N) is 2. The molecule has 0 unspecified atom stereocenters. The van der Waals surface area contributed by atoms with E-state index in [-0.39, 0.29) is 12.3 Å². The standard InChI is InChI=1S/C35H33N7O2/c1-21-25(8-5-9-29(21)39-34-26-7-4-3-6-24(26)20-37-40-34)27-12-10-22(19-31(36)43)33-32(27)28-13-11-23(18-30(28)38-33)35(44)42-16-14-41(2)15-17-42/h3-13,18,20,38H,14-17,19H2,1-2H3,(H2,36,43)(H,39,40). The minimum absolute atomic E-state index is 0.0300. The van der Waals surface area contributed by atoms with Crippen LogP contribution in [0.25, 0.3) is 43.7 Å². The number of aromatic amines is 1. The molecule has 0 atom stereocenters. The summed E-state index contributed by atoms with van der Waals surface area (Å²) < 4.78 is 0. The zero-order valence-corrected chi connectivity index (χ0v) is 24.7. The molecule has 1 fully saturated rings. The van der Waals surface area contributed by atoms with Crippen LogP contribution >= 0.6 is 0 Å². The van der Waals surface area contributed by atoms with Gasteiger partial charge in [-0.3, -0.25) is 9.59 Å². The number of nitrogens with zero attached hydrogens (tertiary/aromatic N) is 4. The van der Waals surface area contributed by atoms with E-state index in [0.717, 1.165) is 73.6 Å². The molecule has 3 heterocycles. The second-order valence-electron chi connectivity index (χ2n) is 11.5. The van der Waals surface area contributed by atoms with Crippen molar-refractivity contribution in [2.45, 2.75) is 13.3 Å². The first-order valence-corrected chi connectivity index (χ1v) is 14.8. The quantitative estimate of drug-likeness (QED) is 0.242. The number of amides is 2. The van der Waals surface area contributed by atoms with Crippen molar-refractivity contribution in [3.63, 3.8) is 0 Å². The number of carbonyl (C=O) groups is 2. The fourth-order valence-electron chi connectivity index (χ4n) is 6.26. The Morgan fingerprint density at radius 2 is 1.75 bits per heavy atom. The monoisotopic (exact) mass is 583 g/mol. The van der Waals surface area contributed by atoms with Crippen molar-refractivity contribution in [2.24, 2.45) is 5.73 Å². The average Bonchev–Trinajstić information content (AvgIpc) is 3.42. The number of benzene rings is 4. The lowest BCUT2D eigenvalue weighted by atomic mass is 9.92. The van der Waals surface area contributed by atoms with E-state index in [1.54, 1.807) is 6.20 Å². The summed E-state index contributed by atoms with van der Waals surface area (Å²) in [7, 11) is 2.07. The van der Waals surface area contributed by atoms with Gasteiger partial charge in [0.15, 0.2) is 5.82 Å². The first-order valence-electron chi connectivity index (χ1n) is 14.8. The van der Waals surface area contributed by atoms with Crippen LogP contribution < -0.4 is 11.1 Å². The average molecular weight is 584 g/mol. The molecule has 0 aliphatic carbocycles. The van der Waals surface area contributed by atoms with Crippen molar-refractivity contribution < 1.29 is 9.59 Å². The zero-order valence-electron chi connectivity index (χ0n) is 24.7. The molecule has 4 aromatic carbocycles.